The monoisotopic (exact) mass is 289 g/mol. The summed E-state index contributed by atoms with van der Waals surface area (Å²) in [4.78, 5) is 25.4. The number of piperidine rings is 1. The van der Waals surface area contributed by atoms with Crippen LogP contribution in [-0.2, 0) is 11.3 Å². The van der Waals surface area contributed by atoms with Crippen LogP contribution in [0.25, 0.3) is 0 Å². The van der Waals surface area contributed by atoms with E-state index in [4.69, 9.17) is 5.73 Å². The molecule has 0 aliphatic carbocycles. The van der Waals surface area contributed by atoms with Crippen molar-refractivity contribution in [3.8, 4) is 0 Å². The van der Waals surface area contributed by atoms with Crippen molar-refractivity contribution < 1.29 is 9.59 Å². The smallest absolute Gasteiger partial charge is 0.248 e. The number of nitrogens with zero attached hydrogens (tertiary/aromatic N) is 1. The lowest BCUT2D eigenvalue weighted by Crippen LogP contribution is -2.46. The molecule has 1 aliphatic rings. The van der Waals surface area contributed by atoms with Crippen molar-refractivity contribution in [2.75, 3.05) is 20.1 Å². The maximum Gasteiger partial charge on any atom is 0.248 e. The molecule has 0 spiro atoms. The maximum atomic E-state index is 12.6. The highest BCUT2D eigenvalue weighted by Gasteiger charge is 2.36. The number of benzene rings is 1. The predicted octanol–water partition coefficient (Wildman–Crippen LogP) is 1.13. The Morgan fingerprint density at radius 2 is 1.81 bits per heavy atom. The van der Waals surface area contributed by atoms with E-state index in [2.05, 4.69) is 5.32 Å². The summed E-state index contributed by atoms with van der Waals surface area (Å²) in [5.41, 5.74) is 6.43. The molecule has 1 saturated heterocycles. The van der Waals surface area contributed by atoms with Crippen LogP contribution in [0.5, 0.6) is 0 Å². The highest BCUT2D eigenvalue weighted by Crippen LogP contribution is 2.30. The summed E-state index contributed by atoms with van der Waals surface area (Å²) in [7, 11) is 1.83. The van der Waals surface area contributed by atoms with E-state index < -0.39 is 5.91 Å². The molecule has 0 saturated carbocycles. The first kappa shape index (κ1) is 15.5. The van der Waals surface area contributed by atoms with Gasteiger partial charge >= 0.3 is 0 Å². The van der Waals surface area contributed by atoms with Gasteiger partial charge in [-0.15, -0.1) is 0 Å². The number of amides is 2. The lowest BCUT2D eigenvalue weighted by molar-refractivity contribution is -0.141. The molecule has 1 aromatic carbocycles. The van der Waals surface area contributed by atoms with E-state index in [1.165, 1.54) is 0 Å². The zero-order chi connectivity index (χ0) is 15.5. The van der Waals surface area contributed by atoms with Crippen LogP contribution in [0.15, 0.2) is 24.3 Å². The third-order valence-electron chi connectivity index (χ3n) is 4.23. The zero-order valence-corrected chi connectivity index (χ0v) is 12.7. The molecule has 0 unspecified atom stereocenters. The molecule has 0 bridgehead atoms. The van der Waals surface area contributed by atoms with Gasteiger partial charge in [0.05, 0.1) is 0 Å². The molecular weight excluding hydrogens is 266 g/mol. The Hall–Kier alpha value is -1.88. The van der Waals surface area contributed by atoms with E-state index in [9.17, 15) is 9.59 Å². The number of primary amides is 1. The van der Waals surface area contributed by atoms with Crippen LogP contribution in [0.2, 0.25) is 0 Å². The summed E-state index contributed by atoms with van der Waals surface area (Å²) < 4.78 is 0. The Labute approximate surface area is 125 Å². The molecule has 1 fully saturated rings. The largest absolute Gasteiger partial charge is 0.366 e. The molecule has 5 heteroatoms. The standard InChI is InChI=1S/C16H23N3O2/c1-16(7-9-18-10-8-16)15(21)19(2)11-12-3-5-13(6-4-12)14(17)20/h3-6,18H,7-11H2,1-2H3,(H2,17,20). The van der Waals surface area contributed by atoms with Gasteiger partial charge in [-0.2, -0.15) is 0 Å². The number of carbonyl (C=O) groups is 2. The summed E-state index contributed by atoms with van der Waals surface area (Å²) in [6, 6.07) is 7.08. The Morgan fingerprint density at radius 1 is 1.24 bits per heavy atom. The van der Waals surface area contributed by atoms with E-state index >= 15 is 0 Å². The minimum Gasteiger partial charge on any atom is -0.366 e. The highest BCUT2D eigenvalue weighted by atomic mass is 16.2. The maximum absolute atomic E-state index is 12.6. The normalized spacial score (nSPS) is 17.2. The van der Waals surface area contributed by atoms with E-state index in [1.807, 2.05) is 26.1 Å². The third-order valence-corrected chi connectivity index (χ3v) is 4.23. The Bertz CT molecular complexity index is 519. The molecule has 5 nitrogen and oxygen atoms in total. The molecule has 2 amide bonds. The van der Waals surface area contributed by atoms with Gasteiger partial charge in [0.15, 0.2) is 0 Å². The topological polar surface area (TPSA) is 75.4 Å². The van der Waals surface area contributed by atoms with E-state index in [0.717, 1.165) is 31.5 Å². The summed E-state index contributed by atoms with van der Waals surface area (Å²) in [5.74, 6) is -0.254. The summed E-state index contributed by atoms with van der Waals surface area (Å²) in [6.45, 7) is 4.37. The third kappa shape index (κ3) is 3.61. The number of rotatable bonds is 4. The first-order valence-corrected chi connectivity index (χ1v) is 7.27. The van der Waals surface area contributed by atoms with Gasteiger partial charge in [-0.25, -0.2) is 0 Å². The van der Waals surface area contributed by atoms with Crippen LogP contribution in [-0.4, -0.2) is 36.9 Å². The molecule has 114 valence electrons. The number of hydrogen-bond donors (Lipinski definition) is 2. The van der Waals surface area contributed by atoms with Crippen LogP contribution in [0.4, 0.5) is 0 Å². The Morgan fingerprint density at radius 3 is 2.33 bits per heavy atom. The molecule has 3 N–H and O–H groups in total. The minimum absolute atomic E-state index is 0.183. The fourth-order valence-electron chi connectivity index (χ4n) is 2.77. The molecule has 0 radical (unpaired) electrons. The van der Waals surface area contributed by atoms with Gasteiger partial charge in [-0.3, -0.25) is 9.59 Å². The molecule has 1 aliphatic heterocycles. The van der Waals surface area contributed by atoms with Crippen LogP contribution in [0, 0.1) is 5.41 Å². The van der Waals surface area contributed by atoms with Crippen molar-refractivity contribution >= 4 is 11.8 Å². The quantitative estimate of drug-likeness (QED) is 0.872. The van der Waals surface area contributed by atoms with Crippen molar-refractivity contribution in [1.29, 1.82) is 0 Å². The van der Waals surface area contributed by atoms with Crippen LogP contribution < -0.4 is 11.1 Å². The predicted molar refractivity (Wildman–Crippen MR) is 81.6 cm³/mol. The summed E-state index contributed by atoms with van der Waals surface area (Å²) >= 11 is 0. The summed E-state index contributed by atoms with van der Waals surface area (Å²) in [6.07, 6.45) is 1.74. The van der Waals surface area contributed by atoms with E-state index in [0.29, 0.717) is 12.1 Å². The van der Waals surface area contributed by atoms with Gasteiger partial charge in [0.2, 0.25) is 11.8 Å². The van der Waals surface area contributed by atoms with Gasteiger partial charge in [-0.05, 0) is 43.6 Å². The molecule has 21 heavy (non-hydrogen) atoms. The van der Waals surface area contributed by atoms with Crippen molar-refractivity contribution in [2.24, 2.45) is 11.1 Å². The van der Waals surface area contributed by atoms with Gasteiger partial charge < -0.3 is 16.0 Å². The molecule has 1 heterocycles. The molecule has 1 aromatic rings. The minimum atomic E-state index is -0.437. The molecule has 2 rings (SSSR count). The van der Waals surface area contributed by atoms with Crippen LogP contribution in [0.3, 0.4) is 0 Å². The summed E-state index contributed by atoms with van der Waals surface area (Å²) in [5, 5.41) is 3.29. The SMILES string of the molecule is CN(Cc1ccc(C(N)=O)cc1)C(=O)C1(C)CCNCC1. The zero-order valence-electron chi connectivity index (χ0n) is 12.7. The first-order valence-electron chi connectivity index (χ1n) is 7.27. The Balaban J connectivity index is 2.01. The highest BCUT2D eigenvalue weighted by molar-refractivity contribution is 5.92. The van der Waals surface area contributed by atoms with Gasteiger partial charge in [0, 0.05) is 24.6 Å². The van der Waals surface area contributed by atoms with E-state index in [1.54, 1.807) is 17.0 Å². The molecular formula is C16H23N3O2. The van der Waals surface area contributed by atoms with Crippen molar-refractivity contribution in [2.45, 2.75) is 26.3 Å². The second kappa shape index (κ2) is 6.26. The average molecular weight is 289 g/mol. The van der Waals surface area contributed by atoms with Crippen LogP contribution >= 0.6 is 0 Å². The number of carbonyl (C=O) groups excluding carboxylic acids is 2. The van der Waals surface area contributed by atoms with Crippen molar-refractivity contribution in [3.63, 3.8) is 0 Å². The lowest BCUT2D eigenvalue weighted by atomic mass is 9.79. The molecule has 0 atom stereocenters. The van der Waals surface area contributed by atoms with Crippen molar-refractivity contribution in [1.82, 2.24) is 10.2 Å². The first-order chi connectivity index (χ1) is 9.92. The fourth-order valence-corrected chi connectivity index (χ4v) is 2.77. The lowest BCUT2D eigenvalue weighted by Gasteiger charge is -2.36. The van der Waals surface area contributed by atoms with Crippen LogP contribution in [0.1, 0.15) is 35.7 Å². The number of nitrogens with two attached hydrogens (primary N) is 1. The molecule has 0 aromatic heterocycles. The second-order valence-corrected chi connectivity index (χ2v) is 6.03. The fraction of sp³-hybridized carbons (Fsp3) is 0.500. The number of hydrogen-bond acceptors (Lipinski definition) is 3. The average Bonchev–Trinajstić information content (AvgIpc) is 2.47. The van der Waals surface area contributed by atoms with Crippen molar-refractivity contribution in [3.05, 3.63) is 35.4 Å². The van der Waals surface area contributed by atoms with Gasteiger partial charge in [0.1, 0.15) is 0 Å². The van der Waals surface area contributed by atoms with Gasteiger partial charge in [-0.1, -0.05) is 19.1 Å². The number of nitrogens with one attached hydrogen (secondary N) is 1. The second-order valence-electron chi connectivity index (χ2n) is 6.03. The van der Waals surface area contributed by atoms with Gasteiger partial charge in [0.25, 0.3) is 0 Å². The Kier molecular flexibility index (Phi) is 4.63. The van der Waals surface area contributed by atoms with E-state index in [-0.39, 0.29) is 11.3 Å².